The smallest absolute Gasteiger partial charge is 0.269 e. The first-order valence-corrected chi connectivity index (χ1v) is 8.09. The third-order valence-corrected chi connectivity index (χ3v) is 4.69. The van der Waals surface area contributed by atoms with E-state index in [9.17, 15) is 14.9 Å². The average molecular weight is 355 g/mol. The van der Waals surface area contributed by atoms with Crippen molar-refractivity contribution < 1.29 is 9.72 Å². The molecule has 2 aliphatic rings. The predicted octanol–water partition coefficient (Wildman–Crippen LogP) is 1.07. The lowest BCUT2D eigenvalue weighted by Gasteiger charge is -2.32. The van der Waals surface area contributed by atoms with Crippen molar-refractivity contribution in [2.45, 2.75) is 18.9 Å². The van der Waals surface area contributed by atoms with Crippen LogP contribution < -0.4 is 5.32 Å². The van der Waals surface area contributed by atoms with E-state index < -0.39 is 4.92 Å². The number of nitro benzene ring substituents is 1. The number of piperazine rings is 1. The maximum Gasteiger partial charge on any atom is 0.269 e. The minimum absolute atomic E-state index is 0. The lowest BCUT2D eigenvalue weighted by Crippen LogP contribution is -2.49. The second-order valence-electron chi connectivity index (χ2n) is 6.17. The van der Waals surface area contributed by atoms with Crippen LogP contribution in [0.4, 0.5) is 5.69 Å². The average Bonchev–Trinajstić information content (AvgIpc) is 3.06. The van der Waals surface area contributed by atoms with Crippen molar-refractivity contribution in [3.8, 4) is 0 Å². The zero-order chi connectivity index (χ0) is 16.2. The molecule has 1 unspecified atom stereocenters. The summed E-state index contributed by atoms with van der Waals surface area (Å²) < 4.78 is 0. The monoisotopic (exact) mass is 354 g/mol. The highest BCUT2D eigenvalue weighted by atomic mass is 35.5. The Hall–Kier alpha value is -1.70. The van der Waals surface area contributed by atoms with Crippen molar-refractivity contribution in [2.75, 3.05) is 39.3 Å². The fourth-order valence-corrected chi connectivity index (χ4v) is 3.34. The van der Waals surface area contributed by atoms with Gasteiger partial charge in [-0.2, -0.15) is 0 Å². The largest absolute Gasteiger partial charge is 0.341 e. The molecule has 1 atom stereocenters. The van der Waals surface area contributed by atoms with Gasteiger partial charge in [0, 0.05) is 57.4 Å². The maximum atomic E-state index is 12.4. The molecule has 0 spiro atoms. The highest BCUT2D eigenvalue weighted by Gasteiger charge is 2.30. The molecule has 0 radical (unpaired) electrons. The number of carbonyl (C=O) groups excluding carboxylic acids is 1. The van der Waals surface area contributed by atoms with E-state index in [1.165, 1.54) is 12.1 Å². The molecule has 3 rings (SSSR count). The van der Waals surface area contributed by atoms with Crippen molar-refractivity contribution in [3.63, 3.8) is 0 Å². The van der Waals surface area contributed by atoms with E-state index in [0.717, 1.165) is 51.3 Å². The molecule has 0 bridgehead atoms. The number of amides is 1. The maximum absolute atomic E-state index is 12.4. The molecule has 8 heteroatoms. The van der Waals surface area contributed by atoms with Gasteiger partial charge in [-0.25, -0.2) is 0 Å². The van der Waals surface area contributed by atoms with Crippen molar-refractivity contribution in [1.82, 2.24) is 15.1 Å². The van der Waals surface area contributed by atoms with Gasteiger partial charge in [-0.3, -0.25) is 19.8 Å². The van der Waals surface area contributed by atoms with Gasteiger partial charge in [0.05, 0.1) is 11.3 Å². The molecule has 7 nitrogen and oxygen atoms in total. The molecule has 0 aliphatic carbocycles. The summed E-state index contributed by atoms with van der Waals surface area (Å²) in [5, 5.41) is 14.0. The van der Waals surface area contributed by atoms with Crippen LogP contribution in [-0.2, 0) is 11.2 Å². The summed E-state index contributed by atoms with van der Waals surface area (Å²) in [5.74, 6) is 0.108. The predicted molar refractivity (Wildman–Crippen MR) is 93.5 cm³/mol. The molecular weight excluding hydrogens is 332 g/mol. The number of likely N-dealkylation sites (tertiary alicyclic amines) is 1. The number of halogens is 1. The molecule has 2 fully saturated rings. The van der Waals surface area contributed by atoms with Crippen LogP contribution in [0.5, 0.6) is 0 Å². The highest BCUT2D eigenvalue weighted by Crippen LogP contribution is 2.18. The van der Waals surface area contributed by atoms with Crippen molar-refractivity contribution in [1.29, 1.82) is 0 Å². The van der Waals surface area contributed by atoms with Gasteiger partial charge in [0.15, 0.2) is 0 Å². The number of carbonyl (C=O) groups is 1. The van der Waals surface area contributed by atoms with Gasteiger partial charge in [0.25, 0.3) is 5.69 Å². The highest BCUT2D eigenvalue weighted by molar-refractivity contribution is 5.85. The molecule has 132 valence electrons. The Morgan fingerprint density at radius 2 is 1.88 bits per heavy atom. The second kappa shape index (κ2) is 8.41. The fraction of sp³-hybridized carbons (Fsp3) is 0.562. The van der Waals surface area contributed by atoms with Crippen molar-refractivity contribution in [2.24, 2.45) is 0 Å². The van der Waals surface area contributed by atoms with Gasteiger partial charge in [-0.05, 0) is 12.0 Å². The standard InChI is InChI=1S/C16H22N4O3.ClH/c21-16(11-13-1-3-14(4-2-13)20(22)23)19-8-5-15(12-19)18-9-6-17-7-10-18;/h1-4,15,17H,5-12H2;1H. The van der Waals surface area contributed by atoms with Crippen LogP contribution in [0.1, 0.15) is 12.0 Å². The summed E-state index contributed by atoms with van der Waals surface area (Å²) in [6, 6.07) is 6.71. The molecule has 2 aliphatic heterocycles. The van der Waals surface area contributed by atoms with E-state index in [1.54, 1.807) is 12.1 Å². The Balaban J connectivity index is 0.00000208. The van der Waals surface area contributed by atoms with Crippen LogP contribution in [0.15, 0.2) is 24.3 Å². The third-order valence-electron chi connectivity index (χ3n) is 4.69. The van der Waals surface area contributed by atoms with Crippen LogP contribution in [0.3, 0.4) is 0 Å². The van der Waals surface area contributed by atoms with Crippen LogP contribution in [-0.4, -0.2) is 65.9 Å². The summed E-state index contributed by atoms with van der Waals surface area (Å²) in [5.41, 5.74) is 0.882. The van der Waals surface area contributed by atoms with E-state index in [4.69, 9.17) is 0 Å². The quantitative estimate of drug-likeness (QED) is 0.646. The summed E-state index contributed by atoms with van der Waals surface area (Å²) in [7, 11) is 0. The number of nitro groups is 1. The van der Waals surface area contributed by atoms with E-state index in [0.29, 0.717) is 12.5 Å². The van der Waals surface area contributed by atoms with E-state index in [-0.39, 0.29) is 24.0 Å². The summed E-state index contributed by atoms with van der Waals surface area (Å²) >= 11 is 0. The Labute approximate surface area is 147 Å². The normalized spacial score (nSPS) is 21.3. The Morgan fingerprint density at radius 3 is 2.50 bits per heavy atom. The number of hydrogen-bond donors (Lipinski definition) is 1. The van der Waals surface area contributed by atoms with Crippen molar-refractivity contribution >= 4 is 24.0 Å². The molecule has 0 aromatic heterocycles. The van der Waals surface area contributed by atoms with Crippen LogP contribution >= 0.6 is 12.4 Å². The summed E-state index contributed by atoms with van der Waals surface area (Å²) in [4.78, 5) is 27.0. The van der Waals surface area contributed by atoms with Gasteiger partial charge in [0.1, 0.15) is 0 Å². The zero-order valence-electron chi connectivity index (χ0n) is 13.5. The zero-order valence-corrected chi connectivity index (χ0v) is 14.3. The Bertz CT molecular complexity index is 575. The summed E-state index contributed by atoms with van der Waals surface area (Å²) in [6.45, 7) is 5.75. The van der Waals surface area contributed by atoms with Crippen LogP contribution in [0, 0.1) is 10.1 Å². The minimum Gasteiger partial charge on any atom is -0.341 e. The molecule has 0 saturated carbocycles. The SMILES string of the molecule is Cl.O=C(Cc1ccc([N+](=O)[O-])cc1)N1CCC(N2CCNCC2)C1. The number of rotatable bonds is 4. The molecule has 1 N–H and O–H groups in total. The number of nitrogens with one attached hydrogen (secondary N) is 1. The first kappa shape index (κ1) is 18.6. The molecule has 24 heavy (non-hydrogen) atoms. The lowest BCUT2D eigenvalue weighted by atomic mass is 10.1. The molecule has 1 aromatic carbocycles. The van der Waals surface area contributed by atoms with E-state index in [2.05, 4.69) is 10.2 Å². The van der Waals surface area contributed by atoms with E-state index >= 15 is 0 Å². The number of hydrogen-bond acceptors (Lipinski definition) is 5. The minimum atomic E-state index is -0.426. The van der Waals surface area contributed by atoms with Gasteiger partial charge in [-0.1, -0.05) is 12.1 Å². The molecule has 1 amide bonds. The van der Waals surface area contributed by atoms with Gasteiger partial charge >= 0.3 is 0 Å². The second-order valence-corrected chi connectivity index (χ2v) is 6.17. The number of non-ortho nitro benzene ring substituents is 1. The molecule has 1 aromatic rings. The first-order chi connectivity index (χ1) is 11.1. The Kier molecular flexibility index (Phi) is 6.53. The summed E-state index contributed by atoms with van der Waals surface area (Å²) in [6.07, 6.45) is 1.35. The van der Waals surface area contributed by atoms with Gasteiger partial charge < -0.3 is 10.2 Å². The topological polar surface area (TPSA) is 78.7 Å². The number of benzene rings is 1. The molecule has 2 saturated heterocycles. The van der Waals surface area contributed by atoms with Gasteiger partial charge in [-0.15, -0.1) is 12.4 Å². The lowest BCUT2D eigenvalue weighted by molar-refractivity contribution is -0.384. The number of nitrogens with zero attached hydrogens (tertiary/aromatic N) is 3. The first-order valence-electron chi connectivity index (χ1n) is 8.09. The Morgan fingerprint density at radius 1 is 1.21 bits per heavy atom. The molecule has 2 heterocycles. The van der Waals surface area contributed by atoms with Crippen LogP contribution in [0.2, 0.25) is 0 Å². The molecular formula is C16H23ClN4O3. The third kappa shape index (κ3) is 4.43. The van der Waals surface area contributed by atoms with E-state index in [1.807, 2.05) is 4.90 Å². The fourth-order valence-electron chi connectivity index (χ4n) is 3.34. The van der Waals surface area contributed by atoms with Crippen LogP contribution in [0.25, 0.3) is 0 Å². The van der Waals surface area contributed by atoms with Gasteiger partial charge in [0.2, 0.25) is 5.91 Å². The van der Waals surface area contributed by atoms with Crippen molar-refractivity contribution in [3.05, 3.63) is 39.9 Å².